The third-order valence-corrected chi connectivity index (χ3v) is 12.4. The van der Waals surface area contributed by atoms with Crippen LogP contribution in [0.15, 0.2) is 0 Å². The van der Waals surface area contributed by atoms with E-state index in [1.165, 1.54) is 0 Å². The van der Waals surface area contributed by atoms with E-state index in [1.54, 1.807) is 42.7 Å². The van der Waals surface area contributed by atoms with E-state index in [0.29, 0.717) is 5.92 Å². The standard InChI is InChI=1S/C14H34O6Si2/c1-12(2)10-11-13(3)14(21(15-4,16-5)17-6)22(18-7,19-8)20-9/h12-14H,10-11H2,1-9H3. The van der Waals surface area contributed by atoms with Gasteiger partial charge in [-0.3, -0.25) is 0 Å². The summed E-state index contributed by atoms with van der Waals surface area (Å²) in [7, 11) is 3.69. The second kappa shape index (κ2) is 10.1. The lowest BCUT2D eigenvalue weighted by atomic mass is 10.0. The molecule has 0 aromatic rings. The van der Waals surface area contributed by atoms with E-state index in [1.807, 2.05) is 0 Å². The van der Waals surface area contributed by atoms with Crippen LogP contribution in [-0.2, 0) is 26.6 Å². The third kappa shape index (κ3) is 4.84. The van der Waals surface area contributed by atoms with Crippen molar-refractivity contribution in [1.29, 1.82) is 0 Å². The van der Waals surface area contributed by atoms with Crippen molar-refractivity contribution in [2.75, 3.05) is 42.7 Å². The van der Waals surface area contributed by atoms with Gasteiger partial charge in [-0.2, -0.15) is 0 Å². The molecule has 134 valence electrons. The van der Waals surface area contributed by atoms with E-state index in [9.17, 15) is 0 Å². The fraction of sp³-hybridized carbons (Fsp3) is 1.00. The molecule has 1 atom stereocenters. The largest absolute Gasteiger partial charge is 0.508 e. The van der Waals surface area contributed by atoms with E-state index in [4.69, 9.17) is 26.6 Å². The number of hydrogen-bond acceptors (Lipinski definition) is 6. The quantitative estimate of drug-likeness (QED) is 0.502. The first-order valence-electron chi connectivity index (χ1n) is 7.63. The van der Waals surface area contributed by atoms with Gasteiger partial charge < -0.3 is 26.6 Å². The van der Waals surface area contributed by atoms with Crippen LogP contribution >= 0.6 is 0 Å². The van der Waals surface area contributed by atoms with Gasteiger partial charge in [0.2, 0.25) is 0 Å². The van der Waals surface area contributed by atoms with Crippen LogP contribution in [0.3, 0.4) is 0 Å². The summed E-state index contributed by atoms with van der Waals surface area (Å²) < 4.78 is 34.4. The van der Waals surface area contributed by atoms with Gasteiger partial charge in [0.1, 0.15) is 5.16 Å². The topological polar surface area (TPSA) is 55.4 Å². The molecule has 0 saturated carbocycles. The Kier molecular flexibility index (Phi) is 10.2. The molecule has 0 aromatic heterocycles. The Balaban J connectivity index is 5.74. The first-order chi connectivity index (χ1) is 10.3. The Bertz CT molecular complexity index is 259. The third-order valence-electron chi connectivity index (χ3n) is 4.24. The molecule has 22 heavy (non-hydrogen) atoms. The van der Waals surface area contributed by atoms with Crippen molar-refractivity contribution in [3.8, 4) is 0 Å². The summed E-state index contributed by atoms with van der Waals surface area (Å²) in [4.78, 5) is 0. The predicted octanol–water partition coefficient (Wildman–Crippen LogP) is 2.72. The van der Waals surface area contributed by atoms with Crippen LogP contribution < -0.4 is 0 Å². The van der Waals surface area contributed by atoms with E-state index in [2.05, 4.69) is 20.8 Å². The van der Waals surface area contributed by atoms with Crippen LogP contribution in [0.2, 0.25) is 5.16 Å². The smallest absolute Gasteiger partial charge is 0.377 e. The molecular weight excluding hydrogens is 320 g/mol. The van der Waals surface area contributed by atoms with Gasteiger partial charge in [0.05, 0.1) is 0 Å². The summed E-state index contributed by atoms with van der Waals surface area (Å²) in [6.45, 7) is 6.58. The molecule has 0 aliphatic carbocycles. The SMILES string of the molecule is CO[Si](OC)(OC)C(C(C)CCC(C)C)[Si](OC)(OC)OC. The van der Waals surface area contributed by atoms with Gasteiger partial charge in [-0.1, -0.05) is 33.6 Å². The minimum Gasteiger partial charge on any atom is -0.377 e. The van der Waals surface area contributed by atoms with Crippen LogP contribution in [0.4, 0.5) is 0 Å². The highest BCUT2D eigenvalue weighted by Gasteiger charge is 2.65. The Morgan fingerprint density at radius 3 is 1.14 bits per heavy atom. The minimum atomic E-state index is -2.99. The second-order valence-corrected chi connectivity index (χ2v) is 12.5. The van der Waals surface area contributed by atoms with E-state index < -0.39 is 17.6 Å². The van der Waals surface area contributed by atoms with Crippen molar-refractivity contribution in [2.24, 2.45) is 11.8 Å². The van der Waals surface area contributed by atoms with Crippen molar-refractivity contribution in [1.82, 2.24) is 0 Å². The molecule has 0 rings (SSSR count). The Morgan fingerprint density at radius 2 is 0.909 bits per heavy atom. The highest BCUT2D eigenvalue weighted by atomic mass is 28.5. The molecule has 0 spiro atoms. The van der Waals surface area contributed by atoms with Gasteiger partial charge in [0.15, 0.2) is 0 Å². The van der Waals surface area contributed by atoms with Gasteiger partial charge >= 0.3 is 17.6 Å². The average molecular weight is 355 g/mol. The minimum absolute atomic E-state index is 0.182. The summed E-state index contributed by atoms with van der Waals surface area (Å²) in [6, 6.07) is 0. The van der Waals surface area contributed by atoms with Gasteiger partial charge in [0.25, 0.3) is 0 Å². The van der Waals surface area contributed by atoms with Gasteiger partial charge in [-0.05, 0) is 11.8 Å². The molecule has 0 fully saturated rings. The lowest BCUT2D eigenvalue weighted by Gasteiger charge is -2.42. The zero-order chi connectivity index (χ0) is 17.4. The van der Waals surface area contributed by atoms with Gasteiger partial charge in [-0.15, -0.1) is 0 Å². The van der Waals surface area contributed by atoms with Crippen LogP contribution in [0.1, 0.15) is 33.6 Å². The summed E-state index contributed by atoms with van der Waals surface area (Å²) in [5.41, 5.74) is 0. The van der Waals surface area contributed by atoms with Crippen LogP contribution in [0.5, 0.6) is 0 Å². The van der Waals surface area contributed by atoms with Gasteiger partial charge in [0, 0.05) is 42.7 Å². The molecule has 0 N–H and O–H groups in total. The number of rotatable bonds is 12. The molecule has 0 aliphatic heterocycles. The lowest BCUT2D eigenvalue weighted by Crippen LogP contribution is -2.64. The van der Waals surface area contributed by atoms with Crippen molar-refractivity contribution in [3.63, 3.8) is 0 Å². The molecule has 6 nitrogen and oxygen atoms in total. The summed E-state index contributed by atoms with van der Waals surface area (Å²) in [5.74, 6) is 0.843. The molecule has 0 aromatic carbocycles. The fourth-order valence-electron chi connectivity index (χ4n) is 2.94. The molecular formula is C14H34O6Si2. The summed E-state index contributed by atoms with van der Waals surface area (Å²) in [5, 5.41) is -0.182. The molecule has 0 radical (unpaired) electrons. The maximum Gasteiger partial charge on any atom is 0.508 e. The average Bonchev–Trinajstić information content (AvgIpc) is 2.54. The zero-order valence-electron chi connectivity index (χ0n) is 15.6. The monoisotopic (exact) mass is 354 g/mol. The van der Waals surface area contributed by atoms with Crippen LogP contribution in [-0.4, -0.2) is 60.3 Å². The highest BCUT2D eigenvalue weighted by Crippen LogP contribution is 2.42. The Morgan fingerprint density at radius 1 is 0.591 bits per heavy atom. The van der Waals surface area contributed by atoms with Crippen LogP contribution in [0, 0.1) is 11.8 Å². The number of hydrogen-bond donors (Lipinski definition) is 0. The highest BCUT2D eigenvalue weighted by molar-refractivity contribution is 6.82. The molecule has 0 saturated heterocycles. The summed E-state index contributed by atoms with van der Waals surface area (Å²) >= 11 is 0. The van der Waals surface area contributed by atoms with Gasteiger partial charge in [-0.25, -0.2) is 0 Å². The lowest BCUT2D eigenvalue weighted by molar-refractivity contribution is 0.0689. The normalized spacial score (nSPS) is 14.9. The van der Waals surface area contributed by atoms with E-state index in [-0.39, 0.29) is 11.1 Å². The molecule has 8 heteroatoms. The van der Waals surface area contributed by atoms with Crippen molar-refractivity contribution >= 4 is 17.6 Å². The molecule has 1 unspecified atom stereocenters. The fourth-order valence-corrected chi connectivity index (χ4v) is 11.0. The maximum atomic E-state index is 5.73. The Hall–Kier alpha value is 0.194. The molecule has 0 aliphatic rings. The zero-order valence-corrected chi connectivity index (χ0v) is 17.6. The molecule has 0 bridgehead atoms. The first kappa shape index (κ1) is 22.2. The molecule has 0 heterocycles. The Labute approximate surface area is 138 Å². The van der Waals surface area contributed by atoms with Crippen molar-refractivity contribution in [2.45, 2.75) is 38.8 Å². The predicted molar refractivity (Wildman–Crippen MR) is 90.5 cm³/mol. The molecule has 0 amide bonds. The van der Waals surface area contributed by atoms with Crippen molar-refractivity contribution in [3.05, 3.63) is 0 Å². The van der Waals surface area contributed by atoms with Crippen molar-refractivity contribution < 1.29 is 26.6 Å². The maximum absolute atomic E-state index is 5.73. The van der Waals surface area contributed by atoms with Crippen LogP contribution in [0.25, 0.3) is 0 Å². The summed E-state index contributed by atoms with van der Waals surface area (Å²) in [6.07, 6.45) is 2.10. The van der Waals surface area contributed by atoms with E-state index in [0.717, 1.165) is 12.8 Å². The first-order valence-corrected chi connectivity index (χ1v) is 11.2. The second-order valence-electron chi connectivity index (χ2n) is 5.86. The van der Waals surface area contributed by atoms with E-state index >= 15 is 0 Å².